The first-order valence-electron chi connectivity index (χ1n) is 7.80. The van der Waals surface area contributed by atoms with Gasteiger partial charge in [-0.3, -0.25) is 0 Å². The minimum atomic E-state index is 0.0387. The Balaban J connectivity index is 2.43. The summed E-state index contributed by atoms with van der Waals surface area (Å²) in [6.45, 7) is 4.02. The highest BCUT2D eigenvalue weighted by Crippen LogP contribution is 2.38. The van der Waals surface area contributed by atoms with Gasteiger partial charge in [-0.1, -0.05) is 48.9 Å². The molecular weight excluding hydrogens is 322 g/mol. The van der Waals surface area contributed by atoms with Crippen LogP contribution in [0.2, 0.25) is 5.02 Å². The monoisotopic (exact) mass is 341 g/mol. The highest BCUT2D eigenvalue weighted by atomic mass is 35.5. The van der Waals surface area contributed by atoms with E-state index < -0.39 is 0 Å². The number of rotatable bonds is 6. The summed E-state index contributed by atoms with van der Waals surface area (Å²) in [7, 11) is 1.57. The molecule has 0 radical (unpaired) electrons. The lowest BCUT2D eigenvalue weighted by Gasteiger charge is -2.17. The molecule has 3 nitrogen and oxygen atoms in total. The van der Waals surface area contributed by atoms with Gasteiger partial charge in [-0.15, -0.1) is 0 Å². The van der Waals surface area contributed by atoms with Crippen LogP contribution >= 0.6 is 11.6 Å². The third-order valence-corrected chi connectivity index (χ3v) is 3.94. The van der Waals surface area contributed by atoms with Crippen LogP contribution in [0.1, 0.15) is 31.4 Å². The second-order valence-electron chi connectivity index (χ2n) is 5.41. The highest BCUT2D eigenvalue weighted by molar-refractivity contribution is 6.32. The predicted molar refractivity (Wildman–Crippen MR) is 98.3 cm³/mol. The lowest BCUT2D eigenvalue weighted by Crippen LogP contribution is -2.11. The standard InChI is InChI=1S/C20H20ClNO2/c1-4-14(2)24-20-18(21)11-15(12-19(20)23-3)10-17(13-22)16-8-6-5-7-9-16/h5-12,14H,4H2,1-3H3/b17-10+/t14-/m0/s1. The van der Waals surface area contributed by atoms with Crippen LogP contribution in [0.15, 0.2) is 42.5 Å². The number of hydrogen-bond donors (Lipinski definition) is 0. The van der Waals surface area contributed by atoms with Crippen molar-refractivity contribution in [3.8, 4) is 17.6 Å². The van der Waals surface area contributed by atoms with Gasteiger partial charge in [0, 0.05) is 0 Å². The van der Waals surface area contributed by atoms with Gasteiger partial charge >= 0.3 is 0 Å². The molecule has 4 heteroatoms. The molecule has 0 heterocycles. The van der Waals surface area contributed by atoms with Gasteiger partial charge in [0.05, 0.1) is 29.9 Å². The van der Waals surface area contributed by atoms with Crippen LogP contribution in [0, 0.1) is 11.3 Å². The molecule has 0 spiro atoms. The van der Waals surface area contributed by atoms with Gasteiger partial charge in [0.1, 0.15) is 0 Å². The van der Waals surface area contributed by atoms with Crippen molar-refractivity contribution < 1.29 is 9.47 Å². The van der Waals surface area contributed by atoms with E-state index in [9.17, 15) is 5.26 Å². The number of methoxy groups -OCH3 is 1. The molecule has 0 aliphatic carbocycles. The third-order valence-electron chi connectivity index (χ3n) is 3.66. The Hall–Kier alpha value is -2.44. The fourth-order valence-corrected chi connectivity index (χ4v) is 2.45. The summed E-state index contributed by atoms with van der Waals surface area (Å²) < 4.78 is 11.3. The Kier molecular flexibility index (Phi) is 6.28. The van der Waals surface area contributed by atoms with Crippen LogP contribution in [0.4, 0.5) is 0 Å². The van der Waals surface area contributed by atoms with E-state index in [0.717, 1.165) is 17.5 Å². The molecule has 0 aliphatic rings. The van der Waals surface area contributed by atoms with Crippen molar-refractivity contribution >= 4 is 23.3 Å². The molecular formula is C20H20ClNO2. The minimum absolute atomic E-state index is 0.0387. The lowest BCUT2D eigenvalue weighted by atomic mass is 10.0. The molecule has 0 aromatic heterocycles. The van der Waals surface area contributed by atoms with Crippen molar-refractivity contribution in [3.63, 3.8) is 0 Å². The Bertz CT molecular complexity index is 763. The molecule has 0 saturated heterocycles. The second-order valence-corrected chi connectivity index (χ2v) is 5.81. The van der Waals surface area contributed by atoms with E-state index >= 15 is 0 Å². The maximum absolute atomic E-state index is 9.43. The molecule has 0 N–H and O–H groups in total. The van der Waals surface area contributed by atoms with E-state index in [1.54, 1.807) is 19.3 Å². The third kappa shape index (κ3) is 4.31. The quantitative estimate of drug-likeness (QED) is 0.508. The number of allylic oxidation sites excluding steroid dienone is 1. The van der Waals surface area contributed by atoms with E-state index in [0.29, 0.717) is 22.1 Å². The first-order valence-corrected chi connectivity index (χ1v) is 8.18. The molecule has 24 heavy (non-hydrogen) atoms. The predicted octanol–water partition coefficient (Wildman–Crippen LogP) is 5.59. The largest absolute Gasteiger partial charge is 0.493 e. The molecule has 124 valence electrons. The van der Waals surface area contributed by atoms with Crippen LogP contribution < -0.4 is 9.47 Å². The molecule has 0 amide bonds. The van der Waals surface area contributed by atoms with E-state index in [1.807, 2.05) is 50.2 Å². The topological polar surface area (TPSA) is 42.2 Å². The number of benzene rings is 2. The Morgan fingerprint density at radius 3 is 2.58 bits per heavy atom. The summed E-state index contributed by atoms with van der Waals surface area (Å²) in [6, 6.07) is 15.3. The molecule has 1 atom stereocenters. The van der Waals surface area contributed by atoms with Gasteiger partial charge in [-0.05, 0) is 42.7 Å². The number of nitriles is 1. The van der Waals surface area contributed by atoms with Crippen LogP contribution in [0.3, 0.4) is 0 Å². The van der Waals surface area contributed by atoms with Gasteiger partial charge in [0.2, 0.25) is 0 Å². The molecule has 2 aromatic carbocycles. The van der Waals surface area contributed by atoms with Crippen LogP contribution in [-0.2, 0) is 0 Å². The number of nitrogens with zero attached hydrogens (tertiary/aromatic N) is 1. The van der Waals surface area contributed by atoms with Crippen LogP contribution in [0.25, 0.3) is 11.6 Å². The highest BCUT2D eigenvalue weighted by Gasteiger charge is 2.14. The molecule has 0 unspecified atom stereocenters. The zero-order valence-corrected chi connectivity index (χ0v) is 14.8. The summed E-state index contributed by atoms with van der Waals surface area (Å²) in [4.78, 5) is 0. The fourth-order valence-electron chi connectivity index (χ4n) is 2.19. The van der Waals surface area contributed by atoms with Crippen LogP contribution in [0.5, 0.6) is 11.5 Å². The summed E-state index contributed by atoms with van der Waals surface area (Å²) in [5, 5.41) is 9.90. The van der Waals surface area contributed by atoms with Gasteiger partial charge in [0.15, 0.2) is 11.5 Å². The normalized spacial score (nSPS) is 12.4. The van der Waals surface area contributed by atoms with Gasteiger partial charge in [0.25, 0.3) is 0 Å². The average Bonchev–Trinajstić information content (AvgIpc) is 2.62. The summed E-state index contributed by atoms with van der Waals surface area (Å²) in [6.07, 6.45) is 2.70. The Morgan fingerprint density at radius 1 is 1.29 bits per heavy atom. The summed E-state index contributed by atoms with van der Waals surface area (Å²) in [5.74, 6) is 1.09. The molecule has 0 saturated carbocycles. The Labute approximate surface area is 148 Å². The zero-order valence-electron chi connectivity index (χ0n) is 14.0. The molecule has 2 aromatic rings. The second kappa shape index (κ2) is 8.42. The zero-order chi connectivity index (χ0) is 17.5. The Morgan fingerprint density at radius 2 is 2.00 bits per heavy atom. The van der Waals surface area contributed by atoms with E-state index in [2.05, 4.69) is 6.07 Å². The number of ether oxygens (including phenoxy) is 2. The van der Waals surface area contributed by atoms with E-state index in [1.165, 1.54) is 0 Å². The number of hydrogen-bond acceptors (Lipinski definition) is 3. The SMILES string of the molecule is CC[C@H](C)Oc1c(Cl)cc(/C=C(\C#N)c2ccccc2)cc1OC. The summed E-state index contributed by atoms with van der Waals surface area (Å²) in [5.41, 5.74) is 2.20. The molecule has 0 fully saturated rings. The van der Waals surface area contributed by atoms with Gasteiger partial charge < -0.3 is 9.47 Å². The smallest absolute Gasteiger partial charge is 0.180 e. The van der Waals surface area contributed by atoms with E-state index in [-0.39, 0.29) is 6.10 Å². The van der Waals surface area contributed by atoms with E-state index in [4.69, 9.17) is 21.1 Å². The molecule has 0 aliphatic heterocycles. The first-order chi connectivity index (χ1) is 11.6. The van der Waals surface area contributed by atoms with Crippen molar-refractivity contribution in [2.24, 2.45) is 0 Å². The van der Waals surface area contributed by atoms with Crippen molar-refractivity contribution in [2.75, 3.05) is 7.11 Å². The van der Waals surface area contributed by atoms with Gasteiger partial charge in [-0.2, -0.15) is 5.26 Å². The molecule has 2 rings (SSSR count). The van der Waals surface area contributed by atoms with Crippen molar-refractivity contribution in [3.05, 3.63) is 58.6 Å². The van der Waals surface area contributed by atoms with Crippen molar-refractivity contribution in [1.82, 2.24) is 0 Å². The number of halogens is 1. The average molecular weight is 342 g/mol. The van der Waals surface area contributed by atoms with Crippen molar-refractivity contribution in [1.29, 1.82) is 5.26 Å². The maximum atomic E-state index is 9.43. The first kappa shape index (κ1) is 17.9. The summed E-state index contributed by atoms with van der Waals surface area (Å²) >= 11 is 6.37. The van der Waals surface area contributed by atoms with Crippen molar-refractivity contribution in [2.45, 2.75) is 26.4 Å². The maximum Gasteiger partial charge on any atom is 0.180 e. The fraction of sp³-hybridized carbons (Fsp3) is 0.250. The van der Waals surface area contributed by atoms with Crippen LogP contribution in [-0.4, -0.2) is 13.2 Å². The minimum Gasteiger partial charge on any atom is -0.493 e. The van der Waals surface area contributed by atoms with Gasteiger partial charge in [-0.25, -0.2) is 0 Å². The lowest BCUT2D eigenvalue weighted by molar-refractivity contribution is 0.208. The molecule has 0 bridgehead atoms.